The summed E-state index contributed by atoms with van der Waals surface area (Å²) < 4.78 is 13.0. The summed E-state index contributed by atoms with van der Waals surface area (Å²) in [7, 11) is 0. The van der Waals surface area contributed by atoms with Gasteiger partial charge in [-0.2, -0.15) is 0 Å². The molecule has 0 radical (unpaired) electrons. The summed E-state index contributed by atoms with van der Waals surface area (Å²) in [4.78, 5) is 3.31. The highest BCUT2D eigenvalue weighted by Crippen LogP contribution is 2.19. The maximum atomic E-state index is 13.0. The van der Waals surface area contributed by atoms with Crippen molar-refractivity contribution in [3.05, 3.63) is 35.6 Å². The second kappa shape index (κ2) is 4.91. The summed E-state index contributed by atoms with van der Waals surface area (Å²) in [5.41, 5.74) is 1.04. The minimum absolute atomic E-state index is 0.158. The Kier molecular flexibility index (Phi) is 3.54. The Labute approximate surface area is 101 Å². The zero-order valence-corrected chi connectivity index (χ0v) is 10.3. The maximum absolute atomic E-state index is 13.0. The predicted octanol–water partition coefficient (Wildman–Crippen LogP) is 3.04. The fourth-order valence-electron chi connectivity index (χ4n) is 2.07. The Balaban J connectivity index is 1.90. The number of rotatable bonds is 3. The lowest BCUT2D eigenvalue weighted by Gasteiger charge is -2.18. The minimum Gasteiger partial charge on any atom is -0.366 e. The molecule has 3 heteroatoms. The summed E-state index contributed by atoms with van der Waals surface area (Å²) >= 11 is 5.36. The van der Waals surface area contributed by atoms with Crippen molar-refractivity contribution in [2.24, 2.45) is 5.92 Å². The van der Waals surface area contributed by atoms with Crippen molar-refractivity contribution < 1.29 is 4.39 Å². The lowest BCUT2D eigenvalue weighted by atomic mass is 10.1. The lowest BCUT2D eigenvalue weighted by molar-refractivity contribution is 0.462. The Morgan fingerprint density at radius 3 is 2.94 bits per heavy atom. The predicted molar refractivity (Wildman–Crippen MR) is 68.1 cm³/mol. The van der Waals surface area contributed by atoms with Gasteiger partial charge < -0.3 is 4.90 Å². The van der Waals surface area contributed by atoms with E-state index >= 15 is 0 Å². The molecular formula is C13H16FNS. The number of likely N-dealkylation sites (tertiary alicyclic amines) is 1. The topological polar surface area (TPSA) is 3.24 Å². The molecule has 0 N–H and O–H groups in total. The molecule has 0 spiro atoms. The van der Waals surface area contributed by atoms with Crippen LogP contribution < -0.4 is 0 Å². The van der Waals surface area contributed by atoms with E-state index in [-0.39, 0.29) is 5.82 Å². The van der Waals surface area contributed by atoms with E-state index in [1.165, 1.54) is 6.07 Å². The van der Waals surface area contributed by atoms with E-state index in [2.05, 4.69) is 11.8 Å². The first-order valence-corrected chi connectivity index (χ1v) is 6.11. The van der Waals surface area contributed by atoms with Crippen LogP contribution in [0.5, 0.6) is 0 Å². The maximum Gasteiger partial charge on any atom is 0.123 e. The number of nitrogens with zero attached hydrogens (tertiary/aromatic N) is 1. The number of benzene rings is 1. The zero-order valence-electron chi connectivity index (χ0n) is 9.45. The van der Waals surface area contributed by atoms with Crippen molar-refractivity contribution >= 4 is 17.2 Å². The molecule has 1 fully saturated rings. The molecule has 1 aromatic rings. The molecule has 1 heterocycles. The molecular weight excluding hydrogens is 221 g/mol. The van der Waals surface area contributed by atoms with Crippen molar-refractivity contribution in [2.75, 3.05) is 13.1 Å². The molecule has 1 aliphatic rings. The van der Waals surface area contributed by atoms with E-state index in [1.807, 2.05) is 6.07 Å². The van der Waals surface area contributed by atoms with Crippen molar-refractivity contribution in [1.82, 2.24) is 4.90 Å². The molecule has 1 unspecified atom stereocenters. The smallest absolute Gasteiger partial charge is 0.123 e. The molecule has 1 aromatic carbocycles. The second-order valence-electron chi connectivity index (χ2n) is 4.39. The van der Waals surface area contributed by atoms with Crippen LogP contribution in [0, 0.1) is 11.7 Å². The summed E-state index contributed by atoms with van der Waals surface area (Å²) in [5.74, 6) is 0.373. The third-order valence-corrected chi connectivity index (χ3v) is 3.79. The summed E-state index contributed by atoms with van der Waals surface area (Å²) in [6.45, 7) is 4.13. The number of thiocarbonyl (C=S) groups is 1. The van der Waals surface area contributed by atoms with Crippen molar-refractivity contribution in [3.63, 3.8) is 0 Å². The number of hydrogen-bond donors (Lipinski definition) is 0. The van der Waals surface area contributed by atoms with Gasteiger partial charge in [0, 0.05) is 19.0 Å². The molecule has 16 heavy (non-hydrogen) atoms. The number of halogens is 1. The number of hydrogen-bond acceptors (Lipinski definition) is 1. The molecule has 1 nitrogen and oxygen atoms in total. The third-order valence-electron chi connectivity index (χ3n) is 3.12. The molecule has 0 aromatic heterocycles. The Morgan fingerprint density at radius 2 is 2.31 bits per heavy atom. The first-order valence-electron chi connectivity index (χ1n) is 5.70. The van der Waals surface area contributed by atoms with Crippen LogP contribution in [0.2, 0.25) is 0 Å². The Morgan fingerprint density at radius 1 is 1.50 bits per heavy atom. The van der Waals surface area contributed by atoms with Crippen LogP contribution in [0.1, 0.15) is 18.9 Å². The fraction of sp³-hybridized carbons (Fsp3) is 0.462. The quantitative estimate of drug-likeness (QED) is 0.743. The van der Waals surface area contributed by atoms with Gasteiger partial charge in [-0.15, -0.1) is 0 Å². The van der Waals surface area contributed by atoms with Crippen LogP contribution in [0.4, 0.5) is 4.39 Å². The van der Waals surface area contributed by atoms with Gasteiger partial charge in [-0.25, -0.2) is 4.39 Å². The SMILES string of the molecule is CC1CCN(CCc2cccc(F)c2)C1=S. The fourth-order valence-corrected chi connectivity index (χ4v) is 2.37. The summed E-state index contributed by atoms with van der Waals surface area (Å²) in [6, 6.07) is 6.80. The van der Waals surface area contributed by atoms with Crippen LogP contribution in [-0.4, -0.2) is 23.0 Å². The van der Waals surface area contributed by atoms with Gasteiger partial charge in [-0.05, 0) is 30.5 Å². The first kappa shape index (κ1) is 11.5. The van der Waals surface area contributed by atoms with Gasteiger partial charge in [-0.3, -0.25) is 0 Å². The molecule has 2 rings (SSSR count). The van der Waals surface area contributed by atoms with Gasteiger partial charge in [0.25, 0.3) is 0 Å². The van der Waals surface area contributed by atoms with Crippen molar-refractivity contribution in [3.8, 4) is 0 Å². The highest BCUT2D eigenvalue weighted by molar-refractivity contribution is 7.80. The third kappa shape index (κ3) is 2.59. The normalized spacial score (nSPS) is 20.5. The zero-order chi connectivity index (χ0) is 11.5. The molecule has 1 saturated heterocycles. The molecule has 1 aliphatic heterocycles. The van der Waals surface area contributed by atoms with Gasteiger partial charge in [0.1, 0.15) is 5.82 Å². The van der Waals surface area contributed by atoms with E-state index in [9.17, 15) is 4.39 Å². The monoisotopic (exact) mass is 237 g/mol. The molecule has 0 bridgehead atoms. The van der Waals surface area contributed by atoms with E-state index in [0.717, 1.165) is 36.5 Å². The molecule has 1 atom stereocenters. The summed E-state index contributed by atoms with van der Waals surface area (Å²) in [5, 5.41) is 0. The van der Waals surface area contributed by atoms with Gasteiger partial charge in [-0.1, -0.05) is 31.3 Å². The molecule has 86 valence electrons. The van der Waals surface area contributed by atoms with Crippen molar-refractivity contribution in [1.29, 1.82) is 0 Å². The lowest BCUT2D eigenvalue weighted by Crippen LogP contribution is -2.27. The van der Waals surface area contributed by atoms with Crippen LogP contribution >= 0.6 is 12.2 Å². The second-order valence-corrected chi connectivity index (χ2v) is 4.81. The highest BCUT2D eigenvalue weighted by atomic mass is 32.1. The van der Waals surface area contributed by atoms with E-state index in [0.29, 0.717) is 5.92 Å². The van der Waals surface area contributed by atoms with Gasteiger partial charge in [0.15, 0.2) is 0 Å². The minimum atomic E-state index is -0.158. The molecule has 0 amide bonds. The van der Waals surface area contributed by atoms with Crippen LogP contribution in [0.25, 0.3) is 0 Å². The summed E-state index contributed by atoms with van der Waals surface area (Å²) in [6.07, 6.45) is 2.02. The first-order chi connectivity index (χ1) is 7.66. The van der Waals surface area contributed by atoms with E-state index in [1.54, 1.807) is 12.1 Å². The van der Waals surface area contributed by atoms with Gasteiger partial charge in [0.2, 0.25) is 0 Å². The van der Waals surface area contributed by atoms with E-state index in [4.69, 9.17) is 12.2 Å². The Hall–Kier alpha value is -0.960. The van der Waals surface area contributed by atoms with Gasteiger partial charge in [0.05, 0.1) is 4.99 Å². The largest absolute Gasteiger partial charge is 0.366 e. The molecule has 0 aliphatic carbocycles. The van der Waals surface area contributed by atoms with Crippen molar-refractivity contribution in [2.45, 2.75) is 19.8 Å². The van der Waals surface area contributed by atoms with Gasteiger partial charge >= 0.3 is 0 Å². The Bertz CT molecular complexity index is 391. The molecule has 0 saturated carbocycles. The van der Waals surface area contributed by atoms with E-state index < -0.39 is 0 Å². The van der Waals surface area contributed by atoms with Crippen LogP contribution in [0.15, 0.2) is 24.3 Å². The standard InChI is InChI=1S/C13H16FNS/c1-10-5-7-15(13(10)16)8-6-11-3-2-4-12(14)9-11/h2-4,9-10H,5-8H2,1H3. The average Bonchev–Trinajstić information content (AvgIpc) is 2.57. The van der Waals surface area contributed by atoms with Crippen LogP contribution in [-0.2, 0) is 6.42 Å². The average molecular weight is 237 g/mol. The highest BCUT2D eigenvalue weighted by Gasteiger charge is 2.23. The van der Waals surface area contributed by atoms with Crippen LogP contribution in [0.3, 0.4) is 0 Å².